The highest BCUT2D eigenvalue weighted by Gasteiger charge is 2.25. The van der Waals surface area contributed by atoms with Gasteiger partial charge in [0.1, 0.15) is 10.7 Å². The fourth-order valence-corrected chi connectivity index (χ4v) is 3.68. The fourth-order valence-electron chi connectivity index (χ4n) is 1.88. The first-order valence-electron chi connectivity index (χ1n) is 6.03. The number of hydrogen-bond donors (Lipinski definition) is 1. The molecule has 0 aliphatic heterocycles. The normalized spacial score (nSPS) is 11.4. The molecule has 0 atom stereocenters. The summed E-state index contributed by atoms with van der Waals surface area (Å²) >= 11 is 2.98. The predicted octanol–water partition coefficient (Wildman–Crippen LogP) is 3.30. The Kier molecular flexibility index (Phi) is 4.25. The Bertz CT molecular complexity index is 794. The summed E-state index contributed by atoms with van der Waals surface area (Å²) in [6.45, 7) is 1.87. The van der Waals surface area contributed by atoms with E-state index in [2.05, 4.69) is 15.9 Å². The molecule has 2 rings (SSSR count). The maximum atomic E-state index is 13.4. The van der Waals surface area contributed by atoms with Crippen molar-refractivity contribution in [3.63, 3.8) is 0 Å². The van der Waals surface area contributed by atoms with Gasteiger partial charge in [-0.2, -0.15) is 0 Å². The summed E-state index contributed by atoms with van der Waals surface area (Å²) < 4.78 is 39.8. The van der Waals surface area contributed by atoms with Crippen molar-refractivity contribution in [1.82, 2.24) is 0 Å². The molecule has 0 heterocycles. The van der Waals surface area contributed by atoms with Crippen LogP contribution in [0.4, 0.5) is 15.8 Å². The second-order valence-corrected chi connectivity index (χ2v) is 7.41. The molecule has 0 fully saturated rings. The molecule has 2 aromatic rings. The molecule has 2 N–H and O–H groups in total. The number of aryl methyl sites for hydroxylation is 1. The molecule has 0 saturated heterocycles. The molecule has 0 aliphatic rings. The lowest BCUT2D eigenvalue weighted by Crippen LogP contribution is -2.27. The quantitative estimate of drug-likeness (QED) is 0.840. The highest BCUT2D eigenvalue weighted by atomic mass is 79.9. The zero-order chi connectivity index (χ0) is 15.8. The van der Waals surface area contributed by atoms with Crippen molar-refractivity contribution in [3.05, 3.63) is 52.3 Å². The van der Waals surface area contributed by atoms with E-state index in [4.69, 9.17) is 5.73 Å². The number of nitrogens with zero attached hydrogens (tertiary/aromatic N) is 1. The van der Waals surface area contributed by atoms with Crippen LogP contribution in [-0.4, -0.2) is 15.5 Å². The van der Waals surface area contributed by atoms with E-state index in [9.17, 15) is 12.8 Å². The summed E-state index contributed by atoms with van der Waals surface area (Å²) in [4.78, 5) is -0.139. The van der Waals surface area contributed by atoms with Crippen LogP contribution in [0.25, 0.3) is 0 Å². The monoisotopic (exact) mass is 372 g/mol. The van der Waals surface area contributed by atoms with E-state index in [0.717, 1.165) is 15.9 Å². The third-order valence-electron chi connectivity index (χ3n) is 3.06. The van der Waals surface area contributed by atoms with Crippen molar-refractivity contribution in [2.75, 3.05) is 17.1 Å². The van der Waals surface area contributed by atoms with Gasteiger partial charge >= 0.3 is 0 Å². The third kappa shape index (κ3) is 3.03. The van der Waals surface area contributed by atoms with Crippen LogP contribution in [0.3, 0.4) is 0 Å². The Labute approximate surface area is 131 Å². The van der Waals surface area contributed by atoms with Crippen LogP contribution in [0.1, 0.15) is 5.56 Å². The van der Waals surface area contributed by atoms with Gasteiger partial charge in [0.05, 0.1) is 15.8 Å². The minimum Gasteiger partial charge on any atom is -0.398 e. The van der Waals surface area contributed by atoms with Gasteiger partial charge in [0.2, 0.25) is 0 Å². The number of nitrogen functional groups attached to an aromatic ring is 1. The average Bonchev–Trinajstić information content (AvgIpc) is 2.41. The van der Waals surface area contributed by atoms with E-state index < -0.39 is 15.8 Å². The van der Waals surface area contributed by atoms with Gasteiger partial charge in [-0.15, -0.1) is 0 Å². The average molecular weight is 373 g/mol. The fraction of sp³-hybridized carbons (Fsp3) is 0.143. The van der Waals surface area contributed by atoms with Gasteiger partial charge in [0, 0.05) is 7.05 Å². The van der Waals surface area contributed by atoms with Crippen molar-refractivity contribution in [1.29, 1.82) is 0 Å². The van der Waals surface area contributed by atoms with E-state index in [1.165, 1.54) is 13.1 Å². The zero-order valence-corrected chi connectivity index (χ0v) is 13.9. The van der Waals surface area contributed by atoms with Gasteiger partial charge in [0.15, 0.2) is 0 Å². The smallest absolute Gasteiger partial charge is 0.266 e. The van der Waals surface area contributed by atoms with E-state index in [1.54, 1.807) is 18.2 Å². The van der Waals surface area contributed by atoms with Crippen LogP contribution in [0.2, 0.25) is 0 Å². The Morgan fingerprint density at radius 3 is 2.52 bits per heavy atom. The second kappa shape index (κ2) is 5.65. The number of benzene rings is 2. The van der Waals surface area contributed by atoms with Crippen molar-refractivity contribution in [2.24, 2.45) is 0 Å². The largest absolute Gasteiger partial charge is 0.398 e. The lowest BCUT2D eigenvalue weighted by Gasteiger charge is -2.21. The van der Waals surface area contributed by atoms with Crippen LogP contribution in [-0.2, 0) is 10.0 Å². The van der Waals surface area contributed by atoms with Gasteiger partial charge in [-0.05, 0) is 52.7 Å². The third-order valence-corrected chi connectivity index (χ3v) is 5.51. The van der Waals surface area contributed by atoms with Crippen LogP contribution in [0.5, 0.6) is 0 Å². The molecule has 0 saturated carbocycles. The highest BCUT2D eigenvalue weighted by Crippen LogP contribution is 2.30. The van der Waals surface area contributed by atoms with E-state index >= 15 is 0 Å². The molecule has 112 valence electrons. The molecule has 2 aromatic carbocycles. The summed E-state index contributed by atoms with van der Waals surface area (Å²) in [6, 6.07) is 9.21. The minimum atomic E-state index is -3.87. The number of anilines is 2. The molecule has 7 heteroatoms. The standard InChI is InChI=1S/C14H14BrFN2O2S/c1-9-4-3-5-10(6-9)18(2)21(19,20)14-7-11(15)12(16)8-13(14)17/h3-8H,17H2,1-2H3. The number of halogens is 2. The van der Waals surface area contributed by atoms with Crippen molar-refractivity contribution < 1.29 is 12.8 Å². The Morgan fingerprint density at radius 1 is 1.24 bits per heavy atom. The predicted molar refractivity (Wildman–Crippen MR) is 85.3 cm³/mol. The Balaban J connectivity index is 2.54. The van der Waals surface area contributed by atoms with Crippen molar-refractivity contribution in [3.8, 4) is 0 Å². The van der Waals surface area contributed by atoms with Crippen molar-refractivity contribution in [2.45, 2.75) is 11.8 Å². The topological polar surface area (TPSA) is 63.4 Å². The molecule has 0 bridgehead atoms. The lowest BCUT2D eigenvalue weighted by molar-refractivity contribution is 0.593. The minimum absolute atomic E-state index is 0.0490. The highest BCUT2D eigenvalue weighted by molar-refractivity contribution is 9.10. The summed E-state index contributed by atoms with van der Waals surface area (Å²) in [5.74, 6) is -0.607. The molecular formula is C14H14BrFN2O2S. The first-order chi connectivity index (χ1) is 9.73. The molecule has 0 radical (unpaired) electrons. The Morgan fingerprint density at radius 2 is 1.90 bits per heavy atom. The molecule has 0 spiro atoms. The van der Waals surface area contributed by atoms with Crippen LogP contribution < -0.4 is 10.0 Å². The summed E-state index contributed by atoms with van der Waals surface area (Å²) in [5, 5.41) is 0. The number of hydrogen-bond acceptors (Lipinski definition) is 3. The zero-order valence-electron chi connectivity index (χ0n) is 11.5. The van der Waals surface area contributed by atoms with Gasteiger partial charge in [-0.1, -0.05) is 12.1 Å². The van der Waals surface area contributed by atoms with Gasteiger partial charge < -0.3 is 5.73 Å². The molecule has 0 unspecified atom stereocenters. The van der Waals surface area contributed by atoms with Crippen LogP contribution in [0.15, 0.2) is 45.8 Å². The maximum absolute atomic E-state index is 13.4. The SMILES string of the molecule is Cc1cccc(N(C)S(=O)(=O)c2cc(Br)c(F)cc2N)c1. The van der Waals surface area contributed by atoms with Gasteiger partial charge in [-0.25, -0.2) is 12.8 Å². The van der Waals surface area contributed by atoms with E-state index in [1.807, 2.05) is 13.0 Å². The summed E-state index contributed by atoms with van der Waals surface area (Å²) in [7, 11) is -2.44. The number of rotatable bonds is 3. The molecule has 0 amide bonds. The first-order valence-corrected chi connectivity index (χ1v) is 8.27. The van der Waals surface area contributed by atoms with Gasteiger partial charge in [-0.3, -0.25) is 4.31 Å². The van der Waals surface area contributed by atoms with Crippen LogP contribution in [0, 0.1) is 12.7 Å². The lowest BCUT2D eigenvalue weighted by atomic mass is 10.2. The van der Waals surface area contributed by atoms with Crippen molar-refractivity contribution >= 4 is 37.3 Å². The summed E-state index contributed by atoms with van der Waals surface area (Å²) in [5.41, 5.74) is 6.97. The molecule has 4 nitrogen and oxygen atoms in total. The van der Waals surface area contributed by atoms with Crippen LogP contribution >= 0.6 is 15.9 Å². The van der Waals surface area contributed by atoms with Gasteiger partial charge in [0.25, 0.3) is 10.0 Å². The second-order valence-electron chi connectivity index (χ2n) is 4.62. The van der Waals surface area contributed by atoms with E-state index in [0.29, 0.717) is 5.69 Å². The molecule has 0 aliphatic carbocycles. The van der Waals surface area contributed by atoms with E-state index in [-0.39, 0.29) is 15.1 Å². The first kappa shape index (κ1) is 15.8. The Hall–Kier alpha value is -1.60. The number of nitrogens with two attached hydrogens (primary N) is 1. The number of sulfonamides is 1. The molecular weight excluding hydrogens is 359 g/mol. The molecule has 21 heavy (non-hydrogen) atoms. The molecule has 0 aromatic heterocycles. The summed E-state index contributed by atoms with van der Waals surface area (Å²) in [6.07, 6.45) is 0. The maximum Gasteiger partial charge on any atom is 0.266 e.